The number of rotatable bonds is 1. The third kappa shape index (κ3) is 1.06. The van der Waals surface area contributed by atoms with Gasteiger partial charge in [0.2, 0.25) is 5.91 Å². The molecule has 1 N–H and O–H groups in total. The van der Waals surface area contributed by atoms with Crippen molar-refractivity contribution in [1.82, 2.24) is 5.32 Å². The van der Waals surface area contributed by atoms with Crippen LogP contribution in [-0.2, 0) is 4.79 Å². The van der Waals surface area contributed by atoms with Crippen LogP contribution in [0.1, 0.15) is 47.0 Å². The van der Waals surface area contributed by atoms with Gasteiger partial charge >= 0.3 is 0 Å². The zero-order chi connectivity index (χ0) is 10.6. The number of amides is 1. The highest BCUT2D eigenvalue weighted by molar-refractivity contribution is 5.73. The van der Waals surface area contributed by atoms with E-state index in [2.05, 4.69) is 26.1 Å². The molecule has 14 heavy (non-hydrogen) atoms. The lowest BCUT2D eigenvalue weighted by Gasteiger charge is -2.39. The van der Waals surface area contributed by atoms with E-state index < -0.39 is 0 Å². The van der Waals surface area contributed by atoms with E-state index in [9.17, 15) is 4.79 Å². The summed E-state index contributed by atoms with van der Waals surface area (Å²) in [6.45, 7) is 8.71. The number of nitrogens with one attached hydrogen (secondary N) is 1. The molecule has 0 aromatic rings. The van der Waals surface area contributed by atoms with Crippen molar-refractivity contribution in [3.05, 3.63) is 0 Å². The van der Waals surface area contributed by atoms with Gasteiger partial charge in [-0.2, -0.15) is 0 Å². The molecular formula is C12H21NO. The molecule has 0 aromatic heterocycles. The SMILES string of the molecule is CC(=O)N[C@H]1C[C@@H]2CC[C@@]1(C)C2(C)C. The van der Waals surface area contributed by atoms with Gasteiger partial charge in [-0.3, -0.25) is 4.79 Å². The van der Waals surface area contributed by atoms with Gasteiger partial charge < -0.3 is 5.32 Å². The van der Waals surface area contributed by atoms with E-state index in [1.165, 1.54) is 19.3 Å². The van der Waals surface area contributed by atoms with E-state index in [1.54, 1.807) is 6.92 Å². The summed E-state index contributed by atoms with van der Waals surface area (Å²) < 4.78 is 0. The van der Waals surface area contributed by atoms with Crippen LogP contribution in [0.25, 0.3) is 0 Å². The average molecular weight is 195 g/mol. The third-order valence-corrected chi connectivity index (χ3v) is 5.17. The van der Waals surface area contributed by atoms with E-state index in [4.69, 9.17) is 0 Å². The van der Waals surface area contributed by atoms with Crippen LogP contribution in [0.15, 0.2) is 0 Å². The average Bonchev–Trinajstić information content (AvgIpc) is 2.35. The van der Waals surface area contributed by atoms with Crippen molar-refractivity contribution in [3.8, 4) is 0 Å². The van der Waals surface area contributed by atoms with Gasteiger partial charge in [-0.15, -0.1) is 0 Å². The molecule has 2 bridgehead atoms. The van der Waals surface area contributed by atoms with E-state index in [0.717, 1.165) is 5.92 Å². The standard InChI is InChI=1S/C12H21NO/c1-8(14)13-10-7-9-5-6-12(10,4)11(9,2)3/h9-10H,5-7H2,1-4H3,(H,13,14)/t9-,10-,12+/m0/s1. The summed E-state index contributed by atoms with van der Waals surface area (Å²) in [5.41, 5.74) is 0.726. The minimum absolute atomic E-state index is 0.125. The Kier molecular flexibility index (Phi) is 1.96. The molecule has 0 aliphatic heterocycles. The number of hydrogen-bond donors (Lipinski definition) is 1. The molecule has 0 aromatic carbocycles. The largest absolute Gasteiger partial charge is 0.353 e. The Hall–Kier alpha value is -0.530. The predicted molar refractivity (Wildman–Crippen MR) is 56.8 cm³/mol. The van der Waals surface area contributed by atoms with Crippen molar-refractivity contribution in [2.24, 2.45) is 16.7 Å². The van der Waals surface area contributed by atoms with Crippen LogP contribution < -0.4 is 5.32 Å². The van der Waals surface area contributed by atoms with E-state index in [-0.39, 0.29) is 5.91 Å². The third-order valence-electron chi connectivity index (χ3n) is 5.17. The molecule has 1 amide bonds. The van der Waals surface area contributed by atoms with E-state index in [1.807, 2.05) is 0 Å². The van der Waals surface area contributed by atoms with Crippen LogP contribution >= 0.6 is 0 Å². The molecule has 0 radical (unpaired) electrons. The minimum Gasteiger partial charge on any atom is -0.353 e. The summed E-state index contributed by atoms with van der Waals surface area (Å²) in [6.07, 6.45) is 3.80. The summed E-state index contributed by atoms with van der Waals surface area (Å²) in [5.74, 6) is 0.934. The molecule has 2 nitrogen and oxygen atoms in total. The first kappa shape index (κ1) is 10.0. The van der Waals surface area contributed by atoms with Crippen molar-refractivity contribution in [2.75, 3.05) is 0 Å². The predicted octanol–water partition coefficient (Wildman–Crippen LogP) is 2.34. The van der Waals surface area contributed by atoms with Crippen molar-refractivity contribution < 1.29 is 4.79 Å². The Morgan fingerprint density at radius 3 is 2.36 bits per heavy atom. The van der Waals surface area contributed by atoms with Crippen LogP contribution in [0, 0.1) is 16.7 Å². The van der Waals surface area contributed by atoms with Crippen molar-refractivity contribution in [2.45, 2.75) is 53.0 Å². The number of hydrogen-bond acceptors (Lipinski definition) is 1. The molecular weight excluding hydrogens is 174 g/mol. The number of carbonyl (C=O) groups excluding carboxylic acids is 1. The second-order valence-electron chi connectivity index (χ2n) is 5.86. The Balaban J connectivity index is 2.23. The summed E-state index contributed by atoms with van der Waals surface area (Å²) in [4.78, 5) is 11.1. The summed E-state index contributed by atoms with van der Waals surface area (Å²) in [7, 11) is 0. The fraction of sp³-hybridized carbons (Fsp3) is 0.917. The quantitative estimate of drug-likeness (QED) is 0.683. The van der Waals surface area contributed by atoms with Gasteiger partial charge in [0.25, 0.3) is 0 Å². The highest BCUT2D eigenvalue weighted by atomic mass is 16.1. The number of fused-ring (bicyclic) bond motifs is 2. The first-order chi connectivity index (χ1) is 6.38. The molecule has 0 unspecified atom stereocenters. The van der Waals surface area contributed by atoms with Gasteiger partial charge in [0.1, 0.15) is 0 Å². The zero-order valence-corrected chi connectivity index (χ0v) is 9.68. The number of carbonyl (C=O) groups is 1. The lowest BCUT2D eigenvalue weighted by Crippen LogP contribution is -2.46. The Morgan fingerprint density at radius 1 is 1.36 bits per heavy atom. The maximum atomic E-state index is 11.1. The molecule has 2 fully saturated rings. The monoisotopic (exact) mass is 195 g/mol. The zero-order valence-electron chi connectivity index (χ0n) is 9.68. The summed E-state index contributed by atoms with van der Waals surface area (Å²) in [5, 5.41) is 3.13. The maximum Gasteiger partial charge on any atom is 0.217 e. The lowest BCUT2D eigenvalue weighted by molar-refractivity contribution is -0.120. The van der Waals surface area contributed by atoms with Gasteiger partial charge in [0.05, 0.1) is 0 Å². The van der Waals surface area contributed by atoms with Crippen LogP contribution in [0.3, 0.4) is 0 Å². The molecule has 0 spiro atoms. The molecule has 0 saturated heterocycles. The molecule has 2 rings (SSSR count). The molecule has 0 heterocycles. The molecule has 2 saturated carbocycles. The smallest absolute Gasteiger partial charge is 0.217 e. The summed E-state index contributed by atoms with van der Waals surface area (Å²) >= 11 is 0. The molecule has 2 aliphatic carbocycles. The Labute approximate surface area is 86.5 Å². The van der Waals surface area contributed by atoms with Crippen molar-refractivity contribution >= 4 is 5.91 Å². The highest BCUT2D eigenvalue weighted by Gasteiger charge is 2.61. The first-order valence-corrected chi connectivity index (χ1v) is 5.65. The van der Waals surface area contributed by atoms with Crippen LogP contribution in [0.4, 0.5) is 0 Å². The summed E-state index contributed by atoms with van der Waals surface area (Å²) in [6, 6.07) is 0.411. The van der Waals surface area contributed by atoms with Crippen molar-refractivity contribution in [3.63, 3.8) is 0 Å². The van der Waals surface area contributed by atoms with E-state index >= 15 is 0 Å². The Bertz CT molecular complexity index is 271. The van der Waals surface area contributed by atoms with Gasteiger partial charge in [-0.1, -0.05) is 20.8 Å². The second kappa shape index (κ2) is 2.74. The van der Waals surface area contributed by atoms with E-state index in [0.29, 0.717) is 16.9 Å². The fourth-order valence-electron chi connectivity index (χ4n) is 3.67. The topological polar surface area (TPSA) is 29.1 Å². The normalized spacial score (nSPS) is 44.0. The van der Waals surface area contributed by atoms with Crippen molar-refractivity contribution in [1.29, 1.82) is 0 Å². The lowest BCUT2D eigenvalue weighted by atomic mass is 9.69. The molecule has 2 heteroatoms. The van der Waals surface area contributed by atoms with Crippen LogP contribution in [-0.4, -0.2) is 11.9 Å². The molecule has 2 aliphatic rings. The Morgan fingerprint density at radius 2 is 2.00 bits per heavy atom. The minimum atomic E-state index is 0.125. The van der Waals surface area contributed by atoms with Gasteiger partial charge in [0, 0.05) is 13.0 Å². The van der Waals surface area contributed by atoms with Gasteiger partial charge in [-0.05, 0) is 36.0 Å². The molecule has 80 valence electrons. The first-order valence-electron chi connectivity index (χ1n) is 5.65. The highest BCUT2D eigenvalue weighted by Crippen LogP contribution is 2.65. The fourth-order valence-corrected chi connectivity index (χ4v) is 3.67. The molecule has 3 atom stereocenters. The van der Waals surface area contributed by atoms with Gasteiger partial charge in [0.15, 0.2) is 0 Å². The van der Waals surface area contributed by atoms with Crippen LogP contribution in [0.5, 0.6) is 0 Å². The maximum absolute atomic E-state index is 11.1. The second-order valence-corrected chi connectivity index (χ2v) is 5.86. The van der Waals surface area contributed by atoms with Gasteiger partial charge in [-0.25, -0.2) is 0 Å². The van der Waals surface area contributed by atoms with Crippen LogP contribution in [0.2, 0.25) is 0 Å².